The van der Waals surface area contributed by atoms with Gasteiger partial charge in [0.2, 0.25) is 5.91 Å². The lowest BCUT2D eigenvalue weighted by molar-refractivity contribution is -0.115. The van der Waals surface area contributed by atoms with Crippen LogP contribution >= 0.6 is 22.9 Å². The quantitative estimate of drug-likeness (QED) is 0.465. The van der Waals surface area contributed by atoms with Crippen molar-refractivity contribution in [2.45, 2.75) is 13.5 Å². The Morgan fingerprint density at radius 3 is 2.74 bits per heavy atom. The number of anilines is 2. The van der Waals surface area contributed by atoms with Crippen LogP contribution in [0.5, 0.6) is 0 Å². The number of halogens is 2. The molecule has 0 bridgehead atoms. The topological polar surface area (TPSA) is 72.4 Å². The molecule has 1 aromatic carbocycles. The maximum Gasteiger partial charge on any atom is 0.341 e. The third kappa shape index (κ3) is 4.29. The lowest BCUT2D eigenvalue weighted by Gasteiger charge is -2.18. The van der Waals surface area contributed by atoms with Crippen molar-refractivity contribution < 1.29 is 18.7 Å². The number of hydrogen-bond acceptors (Lipinski definition) is 6. The summed E-state index contributed by atoms with van der Waals surface area (Å²) < 4.78 is 19.2. The minimum absolute atomic E-state index is 0.0452. The number of thiazole rings is 1. The fourth-order valence-electron chi connectivity index (χ4n) is 2.26. The number of esters is 1. The van der Waals surface area contributed by atoms with Crippen molar-refractivity contribution >= 4 is 45.6 Å². The molecule has 3 aromatic rings. The van der Waals surface area contributed by atoms with Crippen LogP contribution in [0, 0.1) is 5.82 Å². The summed E-state index contributed by atoms with van der Waals surface area (Å²) in [4.78, 5) is 33.3. The van der Waals surface area contributed by atoms with E-state index in [0.29, 0.717) is 5.69 Å². The van der Waals surface area contributed by atoms with Crippen LogP contribution in [0.1, 0.15) is 23.0 Å². The minimum Gasteiger partial charge on any atom is -0.455 e. The van der Waals surface area contributed by atoms with E-state index in [1.165, 1.54) is 42.3 Å². The summed E-state index contributed by atoms with van der Waals surface area (Å²) >= 11 is 7.00. The molecule has 0 spiro atoms. The first-order valence-electron chi connectivity index (χ1n) is 7.74. The largest absolute Gasteiger partial charge is 0.455 e. The van der Waals surface area contributed by atoms with Gasteiger partial charge in [-0.1, -0.05) is 23.7 Å². The first-order valence-corrected chi connectivity index (χ1v) is 9.00. The molecule has 0 aliphatic carbocycles. The van der Waals surface area contributed by atoms with Gasteiger partial charge in [0.25, 0.3) is 0 Å². The number of rotatable bonds is 5. The first kappa shape index (κ1) is 18.9. The zero-order valence-electron chi connectivity index (χ0n) is 14.1. The normalized spacial score (nSPS) is 10.5. The average Bonchev–Trinajstić information content (AvgIpc) is 3.10. The molecule has 0 unspecified atom stereocenters. The van der Waals surface area contributed by atoms with Gasteiger partial charge in [0, 0.05) is 18.5 Å². The number of nitrogens with zero attached hydrogens (tertiary/aromatic N) is 3. The Morgan fingerprint density at radius 2 is 2.04 bits per heavy atom. The van der Waals surface area contributed by atoms with Gasteiger partial charge in [0.15, 0.2) is 5.13 Å². The molecule has 2 aromatic heterocycles. The molecule has 27 heavy (non-hydrogen) atoms. The van der Waals surface area contributed by atoms with E-state index < -0.39 is 11.8 Å². The van der Waals surface area contributed by atoms with Crippen LogP contribution in [-0.2, 0) is 16.1 Å². The van der Waals surface area contributed by atoms with Gasteiger partial charge in [0.05, 0.1) is 16.9 Å². The minimum atomic E-state index is -0.639. The van der Waals surface area contributed by atoms with E-state index in [2.05, 4.69) is 9.97 Å². The van der Waals surface area contributed by atoms with Crippen molar-refractivity contribution in [3.63, 3.8) is 0 Å². The average molecular weight is 406 g/mol. The van der Waals surface area contributed by atoms with Crippen molar-refractivity contribution in [2.24, 2.45) is 0 Å². The van der Waals surface area contributed by atoms with E-state index in [4.69, 9.17) is 16.3 Å². The molecule has 138 valence electrons. The Bertz CT molecular complexity index is 995. The van der Waals surface area contributed by atoms with Gasteiger partial charge >= 0.3 is 5.97 Å². The molecule has 9 heteroatoms. The molecule has 0 saturated heterocycles. The van der Waals surface area contributed by atoms with Crippen molar-refractivity contribution in [1.82, 2.24) is 9.97 Å². The highest BCUT2D eigenvalue weighted by atomic mass is 35.5. The predicted octanol–water partition coefficient (Wildman–Crippen LogP) is 4.37. The van der Waals surface area contributed by atoms with Crippen LogP contribution in [0.2, 0.25) is 5.15 Å². The van der Waals surface area contributed by atoms with Gasteiger partial charge < -0.3 is 4.74 Å². The number of hydrogen-bond donors (Lipinski definition) is 0. The standard InChI is InChI=1S/C18H13ClFN3O3S/c1-11(24)23(15-7-3-2-6-14(15)20)18-22-12(10-27-18)9-26-17(25)13-5-4-8-21-16(13)19/h2-8,10H,9H2,1H3. The number of carbonyl (C=O) groups is 2. The van der Waals surface area contributed by atoms with Gasteiger partial charge in [-0.2, -0.15) is 0 Å². The monoisotopic (exact) mass is 405 g/mol. The second kappa shape index (κ2) is 8.24. The number of aromatic nitrogens is 2. The highest BCUT2D eigenvalue weighted by Gasteiger charge is 2.21. The summed E-state index contributed by atoms with van der Waals surface area (Å²) in [5.74, 6) is -1.57. The van der Waals surface area contributed by atoms with E-state index in [1.54, 1.807) is 17.5 Å². The Kier molecular flexibility index (Phi) is 5.78. The van der Waals surface area contributed by atoms with Crippen LogP contribution in [0.4, 0.5) is 15.2 Å². The predicted molar refractivity (Wildman–Crippen MR) is 99.7 cm³/mol. The van der Waals surface area contributed by atoms with Crippen LogP contribution < -0.4 is 4.90 Å². The van der Waals surface area contributed by atoms with Gasteiger partial charge in [-0.3, -0.25) is 9.69 Å². The number of pyridine rings is 1. The Labute approximate surface area is 163 Å². The molecule has 2 heterocycles. The van der Waals surface area contributed by atoms with Gasteiger partial charge in [-0.15, -0.1) is 11.3 Å². The van der Waals surface area contributed by atoms with Gasteiger partial charge in [-0.25, -0.2) is 19.2 Å². The third-order valence-electron chi connectivity index (χ3n) is 3.47. The first-order chi connectivity index (χ1) is 13.0. The summed E-state index contributed by atoms with van der Waals surface area (Å²) in [6.45, 7) is 1.20. The molecule has 6 nitrogen and oxygen atoms in total. The Hall–Kier alpha value is -2.84. The van der Waals surface area contributed by atoms with E-state index in [0.717, 1.165) is 11.3 Å². The van der Waals surface area contributed by atoms with Crippen LogP contribution in [0.3, 0.4) is 0 Å². The van der Waals surface area contributed by atoms with Crippen molar-refractivity contribution in [3.8, 4) is 0 Å². The molecule has 0 radical (unpaired) electrons. The highest BCUT2D eigenvalue weighted by Crippen LogP contribution is 2.31. The van der Waals surface area contributed by atoms with Crippen molar-refractivity contribution in [1.29, 1.82) is 0 Å². The second-order valence-corrected chi connectivity index (χ2v) is 6.54. The summed E-state index contributed by atoms with van der Waals surface area (Å²) in [6, 6.07) is 8.99. The molecular weight excluding hydrogens is 393 g/mol. The van der Waals surface area contributed by atoms with E-state index in [9.17, 15) is 14.0 Å². The Morgan fingerprint density at radius 1 is 1.26 bits per heavy atom. The molecule has 0 atom stereocenters. The molecule has 0 aliphatic rings. The van der Waals surface area contributed by atoms with Gasteiger partial charge in [0.1, 0.15) is 17.6 Å². The van der Waals surface area contributed by atoms with E-state index >= 15 is 0 Å². The molecule has 0 aliphatic heterocycles. The maximum absolute atomic E-state index is 14.1. The van der Waals surface area contributed by atoms with Crippen LogP contribution in [0.15, 0.2) is 48.0 Å². The van der Waals surface area contributed by atoms with E-state index in [1.807, 2.05) is 0 Å². The third-order valence-corrected chi connectivity index (χ3v) is 4.65. The fourth-order valence-corrected chi connectivity index (χ4v) is 3.32. The van der Waals surface area contributed by atoms with Crippen LogP contribution in [-0.4, -0.2) is 21.8 Å². The smallest absolute Gasteiger partial charge is 0.341 e. The summed E-state index contributed by atoms with van der Waals surface area (Å²) in [5, 5.41) is 1.95. The molecule has 0 fully saturated rings. The van der Waals surface area contributed by atoms with Crippen molar-refractivity contribution in [2.75, 3.05) is 4.90 Å². The molecular formula is C18H13ClFN3O3S. The lowest BCUT2D eigenvalue weighted by Crippen LogP contribution is -2.23. The summed E-state index contributed by atoms with van der Waals surface area (Å²) in [5.41, 5.74) is 0.669. The lowest BCUT2D eigenvalue weighted by atomic mass is 10.3. The number of amides is 1. The zero-order chi connectivity index (χ0) is 19.4. The SMILES string of the molecule is CC(=O)N(c1nc(COC(=O)c2cccnc2Cl)cs1)c1ccccc1F. The second-order valence-electron chi connectivity index (χ2n) is 5.35. The number of carbonyl (C=O) groups excluding carboxylic acids is 2. The summed E-state index contributed by atoms with van der Waals surface area (Å²) in [7, 11) is 0. The molecule has 1 amide bonds. The highest BCUT2D eigenvalue weighted by molar-refractivity contribution is 7.14. The number of para-hydroxylation sites is 1. The maximum atomic E-state index is 14.1. The van der Waals surface area contributed by atoms with E-state index in [-0.39, 0.29) is 34.0 Å². The molecule has 0 saturated carbocycles. The fraction of sp³-hybridized carbons (Fsp3) is 0.111. The summed E-state index contributed by atoms with van der Waals surface area (Å²) in [6.07, 6.45) is 1.46. The number of benzene rings is 1. The zero-order valence-corrected chi connectivity index (χ0v) is 15.6. The van der Waals surface area contributed by atoms with Crippen molar-refractivity contribution in [3.05, 3.63) is 70.2 Å². The molecule has 0 N–H and O–H groups in total. The van der Waals surface area contributed by atoms with Crippen LogP contribution in [0.25, 0.3) is 0 Å². The van der Waals surface area contributed by atoms with Gasteiger partial charge in [-0.05, 0) is 24.3 Å². The molecule has 3 rings (SSSR count). The number of ether oxygens (including phenoxy) is 1. The Balaban J connectivity index is 1.76.